The minimum Gasteiger partial charge on any atom is -0.356 e. The van der Waals surface area contributed by atoms with Crippen LogP contribution < -0.4 is 10.6 Å². The third kappa shape index (κ3) is 3.35. The number of nitrogens with one attached hydrogen (secondary N) is 2. The number of benzene rings is 1. The standard InChI is InChI=1S/C16H24N2O/c1-3-4-9-18-16(19)15-11-17-10-14(15)13-8-6-5-7-12(13)2/h5-8,14-15,17H,3-4,9-11H2,1-2H3,(H,18,19). The van der Waals surface area contributed by atoms with Gasteiger partial charge in [0, 0.05) is 25.6 Å². The highest BCUT2D eigenvalue weighted by Gasteiger charge is 2.34. The molecular formula is C16H24N2O. The fourth-order valence-electron chi connectivity index (χ4n) is 2.80. The monoisotopic (exact) mass is 260 g/mol. The number of aryl methyl sites for hydroxylation is 1. The molecule has 1 fully saturated rings. The van der Waals surface area contributed by atoms with Crippen LogP contribution >= 0.6 is 0 Å². The van der Waals surface area contributed by atoms with Crippen molar-refractivity contribution in [3.63, 3.8) is 0 Å². The second-order valence-electron chi connectivity index (χ2n) is 5.37. The Labute approximate surface area is 115 Å². The van der Waals surface area contributed by atoms with Crippen LogP contribution in [0.3, 0.4) is 0 Å². The Morgan fingerprint density at radius 1 is 1.37 bits per heavy atom. The summed E-state index contributed by atoms with van der Waals surface area (Å²) in [4.78, 5) is 12.3. The van der Waals surface area contributed by atoms with E-state index < -0.39 is 0 Å². The van der Waals surface area contributed by atoms with Gasteiger partial charge < -0.3 is 10.6 Å². The Morgan fingerprint density at radius 3 is 2.89 bits per heavy atom. The molecule has 2 N–H and O–H groups in total. The zero-order valence-corrected chi connectivity index (χ0v) is 11.9. The maximum atomic E-state index is 12.3. The van der Waals surface area contributed by atoms with Crippen molar-refractivity contribution >= 4 is 5.91 Å². The molecule has 0 bridgehead atoms. The van der Waals surface area contributed by atoms with Gasteiger partial charge in [-0.05, 0) is 24.5 Å². The number of amides is 1. The van der Waals surface area contributed by atoms with Gasteiger partial charge >= 0.3 is 0 Å². The van der Waals surface area contributed by atoms with Gasteiger partial charge in [0.1, 0.15) is 0 Å². The van der Waals surface area contributed by atoms with Crippen LogP contribution in [-0.4, -0.2) is 25.5 Å². The van der Waals surface area contributed by atoms with Gasteiger partial charge in [-0.15, -0.1) is 0 Å². The fraction of sp³-hybridized carbons (Fsp3) is 0.562. The van der Waals surface area contributed by atoms with E-state index in [1.165, 1.54) is 11.1 Å². The lowest BCUT2D eigenvalue weighted by molar-refractivity contribution is -0.124. The van der Waals surface area contributed by atoms with Crippen molar-refractivity contribution < 1.29 is 4.79 Å². The van der Waals surface area contributed by atoms with Gasteiger partial charge in [0.05, 0.1) is 5.92 Å². The summed E-state index contributed by atoms with van der Waals surface area (Å²) in [5.74, 6) is 0.576. The van der Waals surface area contributed by atoms with Gasteiger partial charge in [0.25, 0.3) is 0 Å². The normalized spacial score (nSPS) is 22.4. The first kappa shape index (κ1) is 14.1. The molecule has 3 heteroatoms. The molecule has 19 heavy (non-hydrogen) atoms. The van der Waals surface area contributed by atoms with E-state index in [-0.39, 0.29) is 11.8 Å². The zero-order chi connectivity index (χ0) is 13.7. The number of hydrogen-bond donors (Lipinski definition) is 2. The summed E-state index contributed by atoms with van der Waals surface area (Å²) >= 11 is 0. The molecule has 0 spiro atoms. The summed E-state index contributed by atoms with van der Waals surface area (Å²) in [6.07, 6.45) is 2.17. The first-order valence-electron chi connectivity index (χ1n) is 7.28. The van der Waals surface area contributed by atoms with Crippen LogP contribution in [0, 0.1) is 12.8 Å². The SMILES string of the molecule is CCCCNC(=O)C1CNCC1c1ccccc1C. The zero-order valence-electron chi connectivity index (χ0n) is 11.9. The average Bonchev–Trinajstić information content (AvgIpc) is 2.88. The second-order valence-corrected chi connectivity index (χ2v) is 5.37. The average molecular weight is 260 g/mol. The Kier molecular flexibility index (Phi) is 4.97. The molecule has 1 saturated heterocycles. The summed E-state index contributed by atoms with van der Waals surface area (Å²) in [5.41, 5.74) is 2.59. The lowest BCUT2D eigenvalue weighted by Crippen LogP contribution is -2.35. The lowest BCUT2D eigenvalue weighted by Gasteiger charge is -2.20. The van der Waals surface area contributed by atoms with E-state index >= 15 is 0 Å². The molecular weight excluding hydrogens is 236 g/mol. The van der Waals surface area contributed by atoms with E-state index in [0.29, 0.717) is 5.92 Å². The quantitative estimate of drug-likeness (QED) is 0.797. The van der Waals surface area contributed by atoms with Crippen LogP contribution in [0.25, 0.3) is 0 Å². The third-order valence-electron chi connectivity index (χ3n) is 3.97. The Balaban J connectivity index is 2.05. The molecule has 1 heterocycles. The number of unbranched alkanes of at least 4 members (excludes halogenated alkanes) is 1. The molecule has 1 aromatic rings. The van der Waals surface area contributed by atoms with Crippen LogP contribution in [-0.2, 0) is 4.79 Å². The summed E-state index contributed by atoms with van der Waals surface area (Å²) in [6, 6.07) is 8.39. The molecule has 104 valence electrons. The topological polar surface area (TPSA) is 41.1 Å². The minimum atomic E-state index is 0.0676. The molecule has 1 aliphatic rings. The number of rotatable bonds is 5. The smallest absolute Gasteiger partial charge is 0.225 e. The van der Waals surface area contributed by atoms with Crippen molar-refractivity contribution in [2.75, 3.05) is 19.6 Å². The summed E-state index contributed by atoms with van der Waals surface area (Å²) in [7, 11) is 0. The van der Waals surface area contributed by atoms with Crippen molar-refractivity contribution in [2.45, 2.75) is 32.6 Å². The van der Waals surface area contributed by atoms with Gasteiger partial charge in [-0.25, -0.2) is 0 Å². The van der Waals surface area contributed by atoms with Crippen molar-refractivity contribution in [2.24, 2.45) is 5.92 Å². The van der Waals surface area contributed by atoms with Crippen LogP contribution in [0.2, 0.25) is 0 Å². The molecule has 2 atom stereocenters. The lowest BCUT2D eigenvalue weighted by atomic mass is 9.86. The van der Waals surface area contributed by atoms with Gasteiger partial charge in [-0.1, -0.05) is 37.6 Å². The predicted octanol–water partition coefficient (Wildman–Crippen LogP) is 2.21. The summed E-state index contributed by atoms with van der Waals surface area (Å²) < 4.78 is 0. The molecule has 0 aromatic heterocycles. The fourth-order valence-corrected chi connectivity index (χ4v) is 2.80. The van der Waals surface area contributed by atoms with Gasteiger partial charge in [0.15, 0.2) is 0 Å². The van der Waals surface area contributed by atoms with E-state index in [2.05, 4.69) is 48.7 Å². The van der Waals surface area contributed by atoms with Crippen molar-refractivity contribution in [1.29, 1.82) is 0 Å². The summed E-state index contributed by atoms with van der Waals surface area (Å²) in [5, 5.41) is 6.42. The molecule has 0 saturated carbocycles. The van der Waals surface area contributed by atoms with E-state index in [1.807, 2.05) is 0 Å². The van der Waals surface area contributed by atoms with E-state index in [4.69, 9.17) is 0 Å². The maximum Gasteiger partial charge on any atom is 0.225 e. The summed E-state index contributed by atoms with van der Waals surface area (Å²) in [6.45, 7) is 6.75. The maximum absolute atomic E-state index is 12.3. The van der Waals surface area contributed by atoms with E-state index in [0.717, 1.165) is 32.5 Å². The molecule has 2 unspecified atom stereocenters. The van der Waals surface area contributed by atoms with Crippen LogP contribution in [0.15, 0.2) is 24.3 Å². The van der Waals surface area contributed by atoms with Crippen LogP contribution in [0.1, 0.15) is 36.8 Å². The molecule has 2 rings (SSSR count). The molecule has 1 aromatic carbocycles. The largest absolute Gasteiger partial charge is 0.356 e. The Morgan fingerprint density at radius 2 is 2.16 bits per heavy atom. The number of hydrogen-bond acceptors (Lipinski definition) is 2. The molecule has 1 amide bonds. The van der Waals surface area contributed by atoms with Gasteiger partial charge in [0.2, 0.25) is 5.91 Å². The Hall–Kier alpha value is -1.35. The molecule has 0 aliphatic carbocycles. The van der Waals surface area contributed by atoms with Crippen LogP contribution in [0.5, 0.6) is 0 Å². The number of carbonyl (C=O) groups is 1. The number of carbonyl (C=O) groups excluding carboxylic acids is 1. The van der Waals surface area contributed by atoms with Crippen molar-refractivity contribution in [3.05, 3.63) is 35.4 Å². The molecule has 0 radical (unpaired) electrons. The first-order valence-corrected chi connectivity index (χ1v) is 7.28. The first-order chi connectivity index (χ1) is 9.24. The van der Waals surface area contributed by atoms with Gasteiger partial charge in [-0.2, -0.15) is 0 Å². The minimum absolute atomic E-state index is 0.0676. The molecule has 1 aliphatic heterocycles. The van der Waals surface area contributed by atoms with E-state index in [1.54, 1.807) is 0 Å². The Bertz CT molecular complexity index is 431. The van der Waals surface area contributed by atoms with Crippen molar-refractivity contribution in [3.8, 4) is 0 Å². The van der Waals surface area contributed by atoms with Crippen LogP contribution in [0.4, 0.5) is 0 Å². The highest BCUT2D eigenvalue weighted by molar-refractivity contribution is 5.80. The third-order valence-corrected chi connectivity index (χ3v) is 3.97. The highest BCUT2D eigenvalue weighted by atomic mass is 16.1. The highest BCUT2D eigenvalue weighted by Crippen LogP contribution is 2.30. The second kappa shape index (κ2) is 6.71. The van der Waals surface area contributed by atoms with E-state index in [9.17, 15) is 4.79 Å². The van der Waals surface area contributed by atoms with Gasteiger partial charge in [-0.3, -0.25) is 4.79 Å². The predicted molar refractivity (Wildman–Crippen MR) is 78.2 cm³/mol. The molecule has 3 nitrogen and oxygen atoms in total. The van der Waals surface area contributed by atoms with Crippen molar-refractivity contribution in [1.82, 2.24) is 10.6 Å².